The highest BCUT2D eigenvalue weighted by Crippen LogP contribution is 2.39. The lowest BCUT2D eigenvalue weighted by atomic mass is 9.76. The Labute approximate surface area is 101 Å². The predicted octanol–water partition coefficient (Wildman–Crippen LogP) is 3.22. The smallest absolute Gasteiger partial charge is 0.0616 e. The van der Waals surface area contributed by atoms with E-state index >= 15 is 0 Å². The standard InChI is InChI=1S/C14H29NO/c1-5-9-15-11-14(7-6-12(2)3)8-10-16-13(14)4/h12-13,15H,5-11H2,1-4H3. The minimum Gasteiger partial charge on any atom is -0.378 e. The molecule has 2 atom stereocenters. The van der Waals surface area contributed by atoms with E-state index in [-0.39, 0.29) is 0 Å². The molecule has 1 aliphatic heterocycles. The summed E-state index contributed by atoms with van der Waals surface area (Å²) in [5.41, 5.74) is 0.402. The van der Waals surface area contributed by atoms with Crippen molar-refractivity contribution in [2.24, 2.45) is 11.3 Å². The van der Waals surface area contributed by atoms with Gasteiger partial charge in [-0.2, -0.15) is 0 Å². The molecule has 1 rings (SSSR count). The molecule has 2 nitrogen and oxygen atoms in total. The van der Waals surface area contributed by atoms with Gasteiger partial charge in [0.15, 0.2) is 0 Å². The third kappa shape index (κ3) is 3.74. The van der Waals surface area contributed by atoms with Gasteiger partial charge in [-0.25, -0.2) is 0 Å². The van der Waals surface area contributed by atoms with Crippen LogP contribution < -0.4 is 5.32 Å². The molecule has 1 saturated heterocycles. The Bertz CT molecular complexity index is 193. The van der Waals surface area contributed by atoms with Crippen molar-refractivity contribution in [1.29, 1.82) is 0 Å². The lowest BCUT2D eigenvalue weighted by Gasteiger charge is -2.33. The second kappa shape index (κ2) is 6.61. The van der Waals surface area contributed by atoms with E-state index in [0.29, 0.717) is 11.5 Å². The third-order valence-corrected chi connectivity index (χ3v) is 3.95. The van der Waals surface area contributed by atoms with Gasteiger partial charge in [0.25, 0.3) is 0 Å². The summed E-state index contributed by atoms with van der Waals surface area (Å²) in [6.07, 6.45) is 5.51. The first-order chi connectivity index (χ1) is 7.60. The molecule has 2 unspecified atom stereocenters. The van der Waals surface area contributed by atoms with Gasteiger partial charge in [0.05, 0.1) is 6.10 Å². The maximum Gasteiger partial charge on any atom is 0.0616 e. The third-order valence-electron chi connectivity index (χ3n) is 3.95. The van der Waals surface area contributed by atoms with Crippen molar-refractivity contribution in [1.82, 2.24) is 5.32 Å². The minimum atomic E-state index is 0.402. The normalized spacial score (nSPS) is 30.2. The van der Waals surface area contributed by atoms with Gasteiger partial charge in [0.2, 0.25) is 0 Å². The Kier molecular flexibility index (Phi) is 5.77. The van der Waals surface area contributed by atoms with Crippen molar-refractivity contribution < 1.29 is 4.74 Å². The second-order valence-electron chi connectivity index (χ2n) is 5.73. The number of ether oxygens (including phenoxy) is 1. The lowest BCUT2D eigenvalue weighted by Crippen LogP contribution is -2.40. The fraction of sp³-hybridized carbons (Fsp3) is 1.00. The Morgan fingerprint density at radius 3 is 2.69 bits per heavy atom. The summed E-state index contributed by atoms with van der Waals surface area (Å²) in [4.78, 5) is 0. The number of hydrogen-bond donors (Lipinski definition) is 1. The van der Waals surface area contributed by atoms with Gasteiger partial charge in [-0.3, -0.25) is 0 Å². The first kappa shape index (κ1) is 14.0. The molecule has 0 amide bonds. The van der Waals surface area contributed by atoms with Crippen LogP contribution in [0.5, 0.6) is 0 Å². The zero-order valence-corrected chi connectivity index (χ0v) is 11.5. The Morgan fingerprint density at radius 1 is 1.44 bits per heavy atom. The van der Waals surface area contributed by atoms with Crippen molar-refractivity contribution in [2.75, 3.05) is 19.7 Å². The Balaban J connectivity index is 2.47. The van der Waals surface area contributed by atoms with Gasteiger partial charge in [-0.1, -0.05) is 27.2 Å². The van der Waals surface area contributed by atoms with Gasteiger partial charge in [0.1, 0.15) is 0 Å². The van der Waals surface area contributed by atoms with Crippen LogP contribution in [-0.4, -0.2) is 25.8 Å². The quantitative estimate of drug-likeness (QED) is 0.674. The van der Waals surface area contributed by atoms with Crippen molar-refractivity contribution in [2.45, 2.75) is 59.5 Å². The fourth-order valence-electron chi connectivity index (χ4n) is 2.56. The molecule has 1 N–H and O–H groups in total. The number of rotatable bonds is 7. The summed E-state index contributed by atoms with van der Waals surface area (Å²) in [5.74, 6) is 0.802. The molecule has 0 saturated carbocycles. The largest absolute Gasteiger partial charge is 0.378 e. The van der Waals surface area contributed by atoms with Crippen LogP contribution >= 0.6 is 0 Å². The molecule has 16 heavy (non-hydrogen) atoms. The zero-order chi connectivity index (χ0) is 12.0. The van der Waals surface area contributed by atoms with Gasteiger partial charge in [-0.15, -0.1) is 0 Å². The van der Waals surface area contributed by atoms with Gasteiger partial charge in [0, 0.05) is 18.6 Å². The maximum absolute atomic E-state index is 5.79. The molecule has 1 aliphatic rings. The highest BCUT2D eigenvalue weighted by Gasteiger charge is 2.40. The molecule has 0 radical (unpaired) electrons. The summed E-state index contributed by atoms with van der Waals surface area (Å²) in [5, 5.41) is 3.59. The van der Waals surface area contributed by atoms with Crippen LogP contribution in [0.1, 0.15) is 53.4 Å². The van der Waals surface area contributed by atoms with E-state index < -0.39 is 0 Å². The van der Waals surface area contributed by atoms with E-state index in [0.717, 1.165) is 25.6 Å². The van der Waals surface area contributed by atoms with E-state index in [2.05, 4.69) is 33.0 Å². The Hall–Kier alpha value is -0.0800. The van der Waals surface area contributed by atoms with Gasteiger partial charge >= 0.3 is 0 Å². The molecule has 0 aromatic carbocycles. The molecule has 1 fully saturated rings. The van der Waals surface area contributed by atoms with Crippen LogP contribution in [0.2, 0.25) is 0 Å². The number of nitrogens with one attached hydrogen (secondary N) is 1. The highest BCUT2D eigenvalue weighted by atomic mass is 16.5. The van der Waals surface area contributed by atoms with Crippen molar-refractivity contribution in [3.63, 3.8) is 0 Å². The van der Waals surface area contributed by atoms with E-state index in [1.165, 1.54) is 25.7 Å². The lowest BCUT2D eigenvalue weighted by molar-refractivity contribution is 0.0557. The summed E-state index contributed by atoms with van der Waals surface area (Å²) in [6, 6.07) is 0. The minimum absolute atomic E-state index is 0.402. The van der Waals surface area contributed by atoms with Crippen LogP contribution in [0, 0.1) is 11.3 Å². The molecule has 96 valence electrons. The summed E-state index contributed by atoms with van der Waals surface area (Å²) in [7, 11) is 0. The summed E-state index contributed by atoms with van der Waals surface area (Å²) in [6.45, 7) is 12.3. The molecular formula is C14H29NO. The van der Waals surface area contributed by atoms with Crippen LogP contribution in [-0.2, 0) is 4.74 Å². The van der Waals surface area contributed by atoms with Crippen molar-refractivity contribution >= 4 is 0 Å². The monoisotopic (exact) mass is 227 g/mol. The number of hydrogen-bond acceptors (Lipinski definition) is 2. The van der Waals surface area contributed by atoms with Gasteiger partial charge < -0.3 is 10.1 Å². The van der Waals surface area contributed by atoms with Crippen LogP contribution in [0.25, 0.3) is 0 Å². The van der Waals surface area contributed by atoms with E-state index in [1.807, 2.05) is 0 Å². The molecule has 0 spiro atoms. The van der Waals surface area contributed by atoms with E-state index in [1.54, 1.807) is 0 Å². The average molecular weight is 227 g/mol. The van der Waals surface area contributed by atoms with Crippen LogP contribution in [0.15, 0.2) is 0 Å². The topological polar surface area (TPSA) is 21.3 Å². The molecule has 2 heteroatoms. The first-order valence-electron chi connectivity index (χ1n) is 6.93. The zero-order valence-electron chi connectivity index (χ0n) is 11.5. The van der Waals surface area contributed by atoms with Crippen molar-refractivity contribution in [3.05, 3.63) is 0 Å². The molecule has 0 aromatic rings. The summed E-state index contributed by atoms with van der Waals surface area (Å²) >= 11 is 0. The molecular weight excluding hydrogens is 198 g/mol. The average Bonchev–Trinajstić information content (AvgIpc) is 2.59. The van der Waals surface area contributed by atoms with Gasteiger partial charge in [-0.05, 0) is 38.6 Å². The molecule has 1 heterocycles. The predicted molar refractivity (Wildman–Crippen MR) is 69.7 cm³/mol. The van der Waals surface area contributed by atoms with E-state index in [9.17, 15) is 0 Å². The SMILES string of the molecule is CCCNCC1(CCC(C)C)CCOC1C. The van der Waals surface area contributed by atoms with Crippen LogP contribution in [0.3, 0.4) is 0 Å². The second-order valence-corrected chi connectivity index (χ2v) is 5.73. The maximum atomic E-state index is 5.79. The molecule has 0 aromatic heterocycles. The molecule has 0 aliphatic carbocycles. The van der Waals surface area contributed by atoms with E-state index in [4.69, 9.17) is 4.74 Å². The van der Waals surface area contributed by atoms with Crippen LogP contribution in [0.4, 0.5) is 0 Å². The highest BCUT2D eigenvalue weighted by molar-refractivity contribution is 4.91. The summed E-state index contributed by atoms with van der Waals surface area (Å²) < 4.78 is 5.79. The Morgan fingerprint density at radius 2 is 2.19 bits per heavy atom. The van der Waals surface area contributed by atoms with Crippen molar-refractivity contribution in [3.8, 4) is 0 Å². The first-order valence-corrected chi connectivity index (χ1v) is 6.93. The molecule has 0 bridgehead atoms. The fourth-order valence-corrected chi connectivity index (χ4v) is 2.56.